The molecular formula is C21H28N2O4S. The molecule has 1 N–H and O–H groups in total. The van der Waals surface area contributed by atoms with Crippen molar-refractivity contribution in [3.63, 3.8) is 0 Å². The van der Waals surface area contributed by atoms with Crippen molar-refractivity contribution < 1.29 is 18.2 Å². The average Bonchev–Trinajstić information content (AvgIpc) is 3.04. The number of carbonyl (C=O) groups excluding carboxylic acids is 1. The third-order valence-corrected chi connectivity index (χ3v) is 6.46. The van der Waals surface area contributed by atoms with E-state index in [4.69, 9.17) is 9.15 Å². The van der Waals surface area contributed by atoms with Crippen molar-refractivity contribution in [3.05, 3.63) is 35.7 Å². The van der Waals surface area contributed by atoms with Crippen LogP contribution < -0.4 is 10.1 Å². The summed E-state index contributed by atoms with van der Waals surface area (Å²) in [4.78, 5) is 16.7. The standard InChI is InChI=1S/C21H28N2O4S/c1-14-6-4-5-7-18(14)22-20(24)13-28(25)12-19-15(2)27-21(23-19)16-8-10-17(26-3)11-9-16/h8-11,14,18H,4-7,12-13H2,1-3H3,(H,22,24)/t14-,18-,28+/m0/s1. The van der Waals surface area contributed by atoms with Gasteiger partial charge in [-0.05, 0) is 49.9 Å². The Morgan fingerprint density at radius 1 is 1.29 bits per heavy atom. The van der Waals surface area contributed by atoms with E-state index in [2.05, 4.69) is 17.2 Å². The van der Waals surface area contributed by atoms with Gasteiger partial charge in [0.05, 0.1) is 18.6 Å². The molecule has 1 saturated carbocycles. The Morgan fingerprint density at radius 2 is 2.00 bits per heavy atom. The Bertz CT molecular complexity index is 831. The first-order valence-corrected chi connectivity index (χ1v) is 11.2. The molecule has 152 valence electrons. The highest BCUT2D eigenvalue weighted by atomic mass is 32.2. The van der Waals surface area contributed by atoms with E-state index < -0.39 is 10.8 Å². The number of nitrogens with zero attached hydrogens (tertiary/aromatic N) is 1. The van der Waals surface area contributed by atoms with Gasteiger partial charge in [0.2, 0.25) is 11.8 Å². The molecule has 1 aromatic carbocycles. The lowest BCUT2D eigenvalue weighted by molar-refractivity contribution is -0.119. The lowest BCUT2D eigenvalue weighted by Gasteiger charge is -2.29. The lowest BCUT2D eigenvalue weighted by atomic mass is 9.86. The normalized spacial score (nSPS) is 20.5. The van der Waals surface area contributed by atoms with Gasteiger partial charge in [-0.15, -0.1) is 0 Å². The highest BCUT2D eigenvalue weighted by Gasteiger charge is 2.24. The van der Waals surface area contributed by atoms with Gasteiger partial charge in [-0.1, -0.05) is 19.8 Å². The van der Waals surface area contributed by atoms with Crippen molar-refractivity contribution in [1.29, 1.82) is 0 Å². The van der Waals surface area contributed by atoms with Crippen LogP contribution in [0.5, 0.6) is 5.75 Å². The van der Waals surface area contributed by atoms with Crippen LogP contribution in [0, 0.1) is 12.8 Å². The Labute approximate surface area is 168 Å². The van der Waals surface area contributed by atoms with E-state index in [9.17, 15) is 9.00 Å². The van der Waals surface area contributed by atoms with Crippen LogP contribution in [0.4, 0.5) is 0 Å². The van der Waals surface area contributed by atoms with Crippen molar-refractivity contribution in [3.8, 4) is 17.2 Å². The predicted molar refractivity (Wildman–Crippen MR) is 110 cm³/mol. The van der Waals surface area contributed by atoms with Crippen LogP contribution >= 0.6 is 0 Å². The molecule has 1 aromatic heterocycles. The summed E-state index contributed by atoms with van der Waals surface area (Å²) in [7, 11) is 0.284. The zero-order valence-corrected chi connectivity index (χ0v) is 17.5. The summed E-state index contributed by atoms with van der Waals surface area (Å²) in [6.45, 7) is 3.97. The van der Waals surface area contributed by atoms with E-state index in [0.717, 1.165) is 30.6 Å². The molecule has 0 radical (unpaired) electrons. The molecule has 3 atom stereocenters. The van der Waals surface area contributed by atoms with E-state index in [0.29, 0.717) is 23.3 Å². The molecule has 7 heteroatoms. The van der Waals surface area contributed by atoms with Crippen molar-refractivity contribution in [2.45, 2.75) is 51.3 Å². The highest BCUT2D eigenvalue weighted by molar-refractivity contribution is 7.84. The van der Waals surface area contributed by atoms with Crippen LogP contribution in [0.25, 0.3) is 11.5 Å². The van der Waals surface area contributed by atoms with Crippen molar-refractivity contribution in [2.75, 3.05) is 12.9 Å². The maximum Gasteiger partial charge on any atom is 0.232 e. The Hall–Kier alpha value is -2.15. The van der Waals surface area contributed by atoms with Gasteiger partial charge in [0.15, 0.2) is 0 Å². The quantitative estimate of drug-likeness (QED) is 0.762. The Kier molecular flexibility index (Phi) is 6.88. The number of amides is 1. The van der Waals surface area contributed by atoms with Gasteiger partial charge in [-0.25, -0.2) is 4.98 Å². The van der Waals surface area contributed by atoms with Crippen LogP contribution in [-0.2, 0) is 21.3 Å². The van der Waals surface area contributed by atoms with Gasteiger partial charge in [0.1, 0.15) is 17.3 Å². The van der Waals surface area contributed by atoms with Crippen molar-refractivity contribution >= 4 is 16.7 Å². The van der Waals surface area contributed by atoms with Gasteiger partial charge in [-0.3, -0.25) is 9.00 Å². The van der Waals surface area contributed by atoms with E-state index >= 15 is 0 Å². The molecule has 0 aliphatic heterocycles. The second-order valence-electron chi connectivity index (χ2n) is 7.41. The van der Waals surface area contributed by atoms with Gasteiger partial charge in [0, 0.05) is 22.4 Å². The number of aryl methyl sites for hydroxylation is 1. The molecule has 0 spiro atoms. The third kappa shape index (κ3) is 5.22. The summed E-state index contributed by atoms with van der Waals surface area (Å²) in [5.74, 6) is 2.40. The summed E-state index contributed by atoms with van der Waals surface area (Å²) < 4.78 is 23.4. The van der Waals surface area contributed by atoms with Crippen LogP contribution in [-0.4, -0.2) is 34.0 Å². The van der Waals surface area contributed by atoms with Crippen LogP contribution in [0.3, 0.4) is 0 Å². The molecule has 6 nitrogen and oxygen atoms in total. The number of nitrogens with one attached hydrogen (secondary N) is 1. The fraction of sp³-hybridized carbons (Fsp3) is 0.524. The van der Waals surface area contributed by atoms with E-state index in [1.54, 1.807) is 14.0 Å². The first kappa shape index (κ1) is 20.6. The maximum absolute atomic E-state index is 12.5. The molecule has 0 unspecified atom stereocenters. The Morgan fingerprint density at radius 3 is 2.68 bits per heavy atom. The summed E-state index contributed by atoms with van der Waals surface area (Å²) in [6, 6.07) is 7.61. The largest absolute Gasteiger partial charge is 0.497 e. The average molecular weight is 405 g/mol. The van der Waals surface area contributed by atoms with E-state index in [-0.39, 0.29) is 23.5 Å². The summed E-state index contributed by atoms with van der Waals surface area (Å²) in [5.41, 5.74) is 1.45. The molecule has 0 bridgehead atoms. The van der Waals surface area contributed by atoms with Gasteiger partial charge >= 0.3 is 0 Å². The van der Waals surface area contributed by atoms with E-state index in [1.807, 2.05) is 24.3 Å². The molecular weight excluding hydrogens is 376 g/mol. The number of oxazole rings is 1. The first-order chi connectivity index (χ1) is 13.5. The fourth-order valence-corrected chi connectivity index (χ4v) is 4.60. The second-order valence-corrected chi connectivity index (χ2v) is 8.87. The summed E-state index contributed by atoms with van der Waals surface area (Å²) >= 11 is 0. The molecule has 1 aliphatic carbocycles. The second kappa shape index (κ2) is 9.37. The number of benzene rings is 1. The predicted octanol–water partition coefficient (Wildman–Crippen LogP) is 3.60. The minimum atomic E-state index is -1.33. The molecule has 0 saturated heterocycles. The maximum atomic E-state index is 12.5. The zero-order chi connectivity index (χ0) is 20.1. The molecule has 1 amide bonds. The number of hydrogen-bond acceptors (Lipinski definition) is 5. The molecule has 3 rings (SSSR count). The minimum absolute atomic E-state index is 0.00656. The number of carbonyl (C=O) groups is 1. The van der Waals surface area contributed by atoms with Gasteiger partial charge < -0.3 is 14.5 Å². The SMILES string of the molecule is COc1ccc(-c2nc(C[S@@](=O)CC(=O)N[C@H]3CCCC[C@@H]3C)c(C)o2)cc1. The van der Waals surface area contributed by atoms with Gasteiger partial charge in [-0.2, -0.15) is 0 Å². The Balaban J connectivity index is 1.57. The number of hydrogen-bond donors (Lipinski definition) is 1. The van der Waals surface area contributed by atoms with Crippen LogP contribution in [0.1, 0.15) is 44.1 Å². The number of ether oxygens (including phenoxy) is 1. The molecule has 1 heterocycles. The molecule has 1 aliphatic rings. The van der Waals surface area contributed by atoms with Crippen LogP contribution in [0.15, 0.2) is 28.7 Å². The topological polar surface area (TPSA) is 81.4 Å². The molecule has 28 heavy (non-hydrogen) atoms. The lowest BCUT2D eigenvalue weighted by Crippen LogP contribution is -2.42. The van der Waals surface area contributed by atoms with Gasteiger partial charge in [0.25, 0.3) is 0 Å². The highest BCUT2D eigenvalue weighted by Crippen LogP contribution is 2.25. The fourth-order valence-electron chi connectivity index (χ4n) is 3.55. The zero-order valence-electron chi connectivity index (χ0n) is 16.7. The summed E-state index contributed by atoms with van der Waals surface area (Å²) in [5, 5.41) is 3.05. The smallest absolute Gasteiger partial charge is 0.232 e. The molecule has 1 fully saturated rings. The third-order valence-electron chi connectivity index (χ3n) is 5.28. The first-order valence-electron chi connectivity index (χ1n) is 9.71. The number of rotatable bonds is 7. The van der Waals surface area contributed by atoms with Crippen LogP contribution in [0.2, 0.25) is 0 Å². The van der Waals surface area contributed by atoms with Crippen molar-refractivity contribution in [2.24, 2.45) is 5.92 Å². The van der Waals surface area contributed by atoms with E-state index in [1.165, 1.54) is 6.42 Å². The minimum Gasteiger partial charge on any atom is -0.497 e. The monoisotopic (exact) mass is 404 g/mol. The molecule has 2 aromatic rings. The number of aromatic nitrogens is 1. The summed E-state index contributed by atoms with van der Waals surface area (Å²) in [6.07, 6.45) is 4.51. The van der Waals surface area contributed by atoms with Crippen molar-refractivity contribution in [1.82, 2.24) is 10.3 Å². The number of methoxy groups -OCH3 is 1.